The molecule has 1 aliphatic carbocycles. The van der Waals surface area contributed by atoms with Gasteiger partial charge in [0.25, 0.3) is 0 Å². The lowest BCUT2D eigenvalue weighted by Gasteiger charge is -2.32. The Balaban J connectivity index is 2.36. The van der Waals surface area contributed by atoms with Gasteiger partial charge >= 0.3 is 5.97 Å². The van der Waals surface area contributed by atoms with Gasteiger partial charge in [-0.05, 0) is 32.1 Å². The van der Waals surface area contributed by atoms with E-state index in [2.05, 4.69) is 12.2 Å². The van der Waals surface area contributed by atoms with Crippen molar-refractivity contribution in [3.8, 4) is 0 Å². The maximum atomic E-state index is 11.8. The normalized spacial score (nSPS) is 28.7. The lowest BCUT2D eigenvalue weighted by atomic mass is 9.77. The van der Waals surface area contributed by atoms with Crippen LogP contribution >= 0.6 is 0 Å². The fourth-order valence-corrected chi connectivity index (χ4v) is 2.14. The zero-order chi connectivity index (χ0) is 12.9. The predicted molar refractivity (Wildman–Crippen MR) is 64.4 cm³/mol. The van der Waals surface area contributed by atoms with Gasteiger partial charge in [0.05, 0.1) is 0 Å². The highest BCUT2D eigenvalue weighted by Crippen LogP contribution is 2.30. The van der Waals surface area contributed by atoms with E-state index in [1.807, 2.05) is 0 Å². The third-order valence-electron chi connectivity index (χ3n) is 3.50. The largest absolute Gasteiger partial charge is 0.480 e. The quantitative estimate of drug-likeness (QED) is 0.624. The molecule has 5 nitrogen and oxygen atoms in total. The molecular formula is C12H22N2O3. The second kappa shape index (κ2) is 6.00. The summed E-state index contributed by atoms with van der Waals surface area (Å²) in [5.74, 6) is -0.976. The van der Waals surface area contributed by atoms with E-state index in [0.717, 1.165) is 12.8 Å². The second-order valence-electron chi connectivity index (χ2n) is 4.88. The summed E-state index contributed by atoms with van der Waals surface area (Å²) in [4.78, 5) is 22.7. The number of nitrogens with two attached hydrogens (primary N) is 1. The van der Waals surface area contributed by atoms with E-state index in [1.165, 1.54) is 0 Å². The number of hydrogen-bond acceptors (Lipinski definition) is 3. The van der Waals surface area contributed by atoms with Crippen LogP contribution in [-0.4, -0.2) is 29.1 Å². The Hall–Kier alpha value is -1.10. The number of carbonyl (C=O) groups excluding carboxylic acids is 1. The molecule has 0 aliphatic heterocycles. The van der Waals surface area contributed by atoms with E-state index < -0.39 is 11.5 Å². The van der Waals surface area contributed by atoms with Gasteiger partial charge in [-0.1, -0.05) is 13.3 Å². The van der Waals surface area contributed by atoms with E-state index in [-0.39, 0.29) is 11.8 Å². The highest BCUT2D eigenvalue weighted by Gasteiger charge is 2.39. The molecule has 0 radical (unpaired) electrons. The maximum Gasteiger partial charge on any atom is 0.323 e. The summed E-state index contributed by atoms with van der Waals surface area (Å²) in [6.07, 6.45) is 3.94. The minimum absolute atomic E-state index is 0.0471. The topological polar surface area (TPSA) is 92.4 Å². The van der Waals surface area contributed by atoms with Crippen LogP contribution in [0.5, 0.6) is 0 Å². The zero-order valence-corrected chi connectivity index (χ0v) is 10.4. The van der Waals surface area contributed by atoms with Crippen molar-refractivity contribution >= 4 is 11.9 Å². The number of aliphatic carboxylic acids is 1. The molecule has 0 aromatic rings. The van der Waals surface area contributed by atoms with Crippen LogP contribution in [0.3, 0.4) is 0 Å². The van der Waals surface area contributed by atoms with Gasteiger partial charge in [0.15, 0.2) is 0 Å². The van der Waals surface area contributed by atoms with Crippen molar-refractivity contribution in [3.63, 3.8) is 0 Å². The van der Waals surface area contributed by atoms with Gasteiger partial charge in [0, 0.05) is 12.5 Å². The van der Waals surface area contributed by atoms with Crippen LogP contribution in [0.1, 0.15) is 45.4 Å². The van der Waals surface area contributed by atoms with Gasteiger partial charge in [-0.2, -0.15) is 0 Å². The Morgan fingerprint density at radius 3 is 2.47 bits per heavy atom. The first-order valence-electron chi connectivity index (χ1n) is 6.29. The van der Waals surface area contributed by atoms with Gasteiger partial charge in [0.2, 0.25) is 5.91 Å². The summed E-state index contributed by atoms with van der Waals surface area (Å²) in [6, 6.07) is 0. The summed E-state index contributed by atoms with van der Waals surface area (Å²) in [6.45, 7) is 2.78. The van der Waals surface area contributed by atoms with Gasteiger partial charge in [-0.3, -0.25) is 9.59 Å². The van der Waals surface area contributed by atoms with Crippen molar-refractivity contribution < 1.29 is 14.7 Å². The number of unbranched alkanes of at least 4 members (excludes halogenated alkanes) is 1. The molecule has 1 rings (SSSR count). The van der Waals surface area contributed by atoms with E-state index in [4.69, 9.17) is 10.8 Å². The summed E-state index contributed by atoms with van der Waals surface area (Å²) < 4.78 is 0. The fraction of sp³-hybridized carbons (Fsp3) is 0.833. The van der Waals surface area contributed by atoms with Crippen LogP contribution < -0.4 is 11.1 Å². The molecule has 1 fully saturated rings. The minimum Gasteiger partial charge on any atom is -0.480 e. The fourth-order valence-electron chi connectivity index (χ4n) is 2.14. The Kier molecular flexibility index (Phi) is 4.93. The first kappa shape index (κ1) is 14.0. The molecule has 17 heavy (non-hydrogen) atoms. The third kappa shape index (κ3) is 3.70. The molecule has 5 heteroatoms. The zero-order valence-electron chi connectivity index (χ0n) is 10.4. The summed E-state index contributed by atoms with van der Waals surface area (Å²) in [5.41, 5.74) is 4.63. The molecule has 1 amide bonds. The Morgan fingerprint density at radius 1 is 1.41 bits per heavy atom. The average molecular weight is 242 g/mol. The van der Waals surface area contributed by atoms with Crippen LogP contribution in [0.4, 0.5) is 0 Å². The number of rotatable bonds is 5. The van der Waals surface area contributed by atoms with E-state index >= 15 is 0 Å². The average Bonchev–Trinajstić information content (AvgIpc) is 2.30. The van der Waals surface area contributed by atoms with Crippen LogP contribution in [0.2, 0.25) is 0 Å². The number of carboxylic acids is 1. The van der Waals surface area contributed by atoms with Gasteiger partial charge in [0.1, 0.15) is 5.54 Å². The highest BCUT2D eigenvalue weighted by atomic mass is 16.4. The predicted octanol–water partition coefficient (Wildman–Crippen LogP) is 0.875. The molecule has 1 aliphatic rings. The number of nitrogens with one attached hydrogen (secondary N) is 1. The Bertz CT molecular complexity index is 283. The van der Waals surface area contributed by atoms with Gasteiger partial charge in [-0.25, -0.2) is 0 Å². The first-order valence-corrected chi connectivity index (χ1v) is 6.29. The molecule has 0 saturated heterocycles. The molecule has 0 atom stereocenters. The van der Waals surface area contributed by atoms with Crippen molar-refractivity contribution in [1.29, 1.82) is 0 Å². The van der Waals surface area contributed by atoms with Crippen LogP contribution in [0, 0.1) is 5.92 Å². The van der Waals surface area contributed by atoms with E-state index in [9.17, 15) is 9.59 Å². The Labute approximate surface area is 102 Å². The molecule has 0 unspecified atom stereocenters. The van der Waals surface area contributed by atoms with Crippen molar-refractivity contribution in [2.75, 3.05) is 6.54 Å². The highest BCUT2D eigenvalue weighted by molar-refractivity contribution is 5.81. The lowest BCUT2D eigenvalue weighted by Crippen LogP contribution is -2.51. The van der Waals surface area contributed by atoms with Crippen LogP contribution in [-0.2, 0) is 9.59 Å². The SMILES string of the molecule is CCCCNC(=O)C1CCC(N)(C(=O)O)CC1. The number of amides is 1. The molecule has 0 bridgehead atoms. The monoisotopic (exact) mass is 242 g/mol. The maximum absolute atomic E-state index is 11.8. The summed E-state index contributed by atoms with van der Waals surface area (Å²) in [7, 11) is 0. The molecule has 0 spiro atoms. The number of carboxylic acid groups (broad SMARTS) is 1. The van der Waals surface area contributed by atoms with Crippen molar-refractivity contribution in [1.82, 2.24) is 5.32 Å². The molecule has 0 heterocycles. The van der Waals surface area contributed by atoms with E-state index in [0.29, 0.717) is 32.2 Å². The molecule has 0 aromatic carbocycles. The van der Waals surface area contributed by atoms with E-state index in [1.54, 1.807) is 0 Å². The lowest BCUT2D eigenvalue weighted by molar-refractivity contribution is -0.146. The van der Waals surface area contributed by atoms with Gasteiger partial charge in [-0.15, -0.1) is 0 Å². The second-order valence-corrected chi connectivity index (χ2v) is 4.88. The summed E-state index contributed by atoms with van der Waals surface area (Å²) in [5, 5.41) is 11.9. The third-order valence-corrected chi connectivity index (χ3v) is 3.50. The van der Waals surface area contributed by atoms with Crippen molar-refractivity contribution in [3.05, 3.63) is 0 Å². The molecule has 1 saturated carbocycles. The molecule has 4 N–H and O–H groups in total. The Morgan fingerprint density at radius 2 is 2.00 bits per heavy atom. The van der Waals surface area contributed by atoms with Crippen LogP contribution in [0.15, 0.2) is 0 Å². The molecular weight excluding hydrogens is 220 g/mol. The van der Waals surface area contributed by atoms with Crippen molar-refractivity contribution in [2.24, 2.45) is 11.7 Å². The van der Waals surface area contributed by atoms with Gasteiger partial charge < -0.3 is 16.2 Å². The first-order chi connectivity index (χ1) is 7.99. The number of hydrogen-bond donors (Lipinski definition) is 3. The molecule has 98 valence electrons. The summed E-state index contributed by atoms with van der Waals surface area (Å²) >= 11 is 0. The standard InChI is InChI=1S/C12H22N2O3/c1-2-3-8-14-10(15)9-4-6-12(13,7-5-9)11(16)17/h9H,2-8,13H2,1H3,(H,14,15)(H,16,17). The molecule has 0 aromatic heterocycles. The number of carbonyl (C=O) groups is 2. The van der Waals surface area contributed by atoms with Crippen LogP contribution in [0.25, 0.3) is 0 Å². The minimum atomic E-state index is -1.12. The van der Waals surface area contributed by atoms with Crippen molar-refractivity contribution in [2.45, 2.75) is 51.0 Å². The smallest absolute Gasteiger partial charge is 0.323 e.